The molecule has 7 heteroatoms. The van der Waals surface area contributed by atoms with Crippen molar-refractivity contribution in [3.8, 4) is 0 Å². The van der Waals surface area contributed by atoms with Gasteiger partial charge in [-0.1, -0.05) is 12.1 Å². The molecule has 4 rings (SSSR count). The molecule has 3 aromatic rings. The minimum atomic E-state index is -0.234. The van der Waals surface area contributed by atoms with Crippen LogP contribution in [0.15, 0.2) is 46.9 Å². The van der Waals surface area contributed by atoms with E-state index >= 15 is 0 Å². The highest BCUT2D eigenvalue weighted by Crippen LogP contribution is 2.21. The number of carbonyl (C=O) groups excluding carboxylic acids is 1. The number of piperazine rings is 1. The lowest BCUT2D eigenvalue weighted by Gasteiger charge is -2.35. The van der Waals surface area contributed by atoms with Gasteiger partial charge in [0.05, 0.1) is 17.9 Å². The van der Waals surface area contributed by atoms with Crippen molar-refractivity contribution in [2.75, 3.05) is 31.1 Å². The summed E-state index contributed by atoms with van der Waals surface area (Å²) in [5.41, 5.74) is 2.58. The molecule has 0 aliphatic carbocycles. The van der Waals surface area contributed by atoms with E-state index in [1.54, 1.807) is 23.1 Å². The Labute approximate surface area is 163 Å². The molecule has 1 saturated heterocycles. The first kappa shape index (κ1) is 18.3. The first-order valence-electron chi connectivity index (χ1n) is 9.40. The minimum absolute atomic E-state index is 0.132. The van der Waals surface area contributed by atoms with Crippen molar-refractivity contribution < 1.29 is 13.6 Å². The van der Waals surface area contributed by atoms with Crippen LogP contribution in [0, 0.1) is 19.7 Å². The van der Waals surface area contributed by atoms with Gasteiger partial charge in [-0.05, 0) is 44.2 Å². The summed E-state index contributed by atoms with van der Waals surface area (Å²) in [4.78, 5) is 16.5. The van der Waals surface area contributed by atoms with Crippen molar-refractivity contribution in [3.63, 3.8) is 0 Å². The lowest BCUT2D eigenvalue weighted by molar-refractivity contribution is 0.0712. The molecular formula is C21H23FN4O2. The third-order valence-electron chi connectivity index (χ3n) is 5.04. The van der Waals surface area contributed by atoms with E-state index in [0.29, 0.717) is 49.9 Å². The predicted molar refractivity (Wildman–Crippen MR) is 104 cm³/mol. The number of nitrogens with zero attached hydrogens (tertiary/aromatic N) is 4. The Balaban J connectivity index is 1.39. The highest BCUT2D eigenvalue weighted by atomic mass is 19.1. The summed E-state index contributed by atoms with van der Waals surface area (Å²) in [6.45, 7) is 6.67. The molecule has 1 aliphatic rings. The van der Waals surface area contributed by atoms with E-state index in [1.165, 1.54) is 6.07 Å². The Kier molecular flexibility index (Phi) is 4.90. The number of hydrogen-bond acceptors (Lipinski definition) is 4. The number of aromatic nitrogens is 2. The Morgan fingerprint density at radius 1 is 1.11 bits per heavy atom. The van der Waals surface area contributed by atoms with E-state index in [-0.39, 0.29) is 11.7 Å². The summed E-state index contributed by atoms with van der Waals surface area (Å²) < 4.78 is 21.6. The van der Waals surface area contributed by atoms with Crippen molar-refractivity contribution in [2.24, 2.45) is 0 Å². The van der Waals surface area contributed by atoms with Crippen LogP contribution in [0.3, 0.4) is 0 Å². The molecule has 0 spiro atoms. The zero-order valence-corrected chi connectivity index (χ0v) is 16.1. The second-order valence-corrected chi connectivity index (χ2v) is 7.08. The predicted octanol–water partition coefficient (Wildman–Crippen LogP) is 3.24. The van der Waals surface area contributed by atoms with Crippen LogP contribution in [0.1, 0.15) is 27.7 Å². The highest BCUT2D eigenvalue weighted by Gasteiger charge is 2.25. The van der Waals surface area contributed by atoms with Crippen LogP contribution in [0.5, 0.6) is 0 Å². The third kappa shape index (κ3) is 3.65. The number of para-hydroxylation sites is 1. The molecule has 6 nitrogen and oxygen atoms in total. The van der Waals surface area contributed by atoms with Gasteiger partial charge < -0.3 is 14.2 Å². The standard InChI is InChI=1S/C21H23FN4O2/c1-15-13-16(2)26(23-15)14-17-7-8-20(28-17)21(27)25-11-9-24(10-12-25)19-6-4-3-5-18(19)22/h3-8,13H,9-12,14H2,1-2H3. The van der Waals surface area contributed by atoms with Crippen LogP contribution < -0.4 is 4.90 Å². The van der Waals surface area contributed by atoms with E-state index in [9.17, 15) is 9.18 Å². The Bertz CT molecular complexity index is 986. The number of aryl methyl sites for hydroxylation is 2. The van der Waals surface area contributed by atoms with Gasteiger partial charge in [0.25, 0.3) is 5.91 Å². The Morgan fingerprint density at radius 3 is 2.54 bits per heavy atom. The number of furan rings is 1. The smallest absolute Gasteiger partial charge is 0.289 e. The van der Waals surface area contributed by atoms with Gasteiger partial charge >= 0.3 is 0 Å². The van der Waals surface area contributed by atoms with Gasteiger partial charge in [0, 0.05) is 31.9 Å². The molecule has 0 saturated carbocycles. The van der Waals surface area contributed by atoms with Crippen LogP contribution in [-0.2, 0) is 6.54 Å². The maximum atomic E-state index is 14.0. The number of halogens is 1. The summed E-state index contributed by atoms with van der Waals surface area (Å²) >= 11 is 0. The molecule has 0 bridgehead atoms. The molecule has 3 heterocycles. The maximum Gasteiger partial charge on any atom is 0.289 e. The number of amides is 1. The average molecular weight is 382 g/mol. The average Bonchev–Trinajstić information content (AvgIpc) is 3.28. The normalized spacial score (nSPS) is 14.5. The van der Waals surface area contributed by atoms with Crippen molar-refractivity contribution in [1.29, 1.82) is 0 Å². The molecule has 1 aromatic carbocycles. The van der Waals surface area contributed by atoms with Crippen LogP contribution >= 0.6 is 0 Å². The van der Waals surface area contributed by atoms with Gasteiger partial charge in [-0.15, -0.1) is 0 Å². The number of anilines is 1. The fourth-order valence-corrected chi connectivity index (χ4v) is 3.57. The van der Waals surface area contributed by atoms with E-state index in [2.05, 4.69) is 5.10 Å². The van der Waals surface area contributed by atoms with Gasteiger partial charge in [0.1, 0.15) is 11.6 Å². The summed E-state index contributed by atoms with van der Waals surface area (Å²) in [7, 11) is 0. The second-order valence-electron chi connectivity index (χ2n) is 7.08. The number of carbonyl (C=O) groups is 1. The molecule has 28 heavy (non-hydrogen) atoms. The van der Waals surface area contributed by atoms with E-state index in [0.717, 1.165) is 11.4 Å². The van der Waals surface area contributed by atoms with Crippen molar-refractivity contribution in [3.05, 3.63) is 71.2 Å². The van der Waals surface area contributed by atoms with Gasteiger partial charge in [0.15, 0.2) is 5.76 Å². The molecule has 0 unspecified atom stereocenters. The van der Waals surface area contributed by atoms with E-state index < -0.39 is 0 Å². The maximum absolute atomic E-state index is 14.0. The Hall–Kier alpha value is -3.09. The Morgan fingerprint density at radius 2 is 1.86 bits per heavy atom. The van der Waals surface area contributed by atoms with Crippen molar-refractivity contribution in [2.45, 2.75) is 20.4 Å². The highest BCUT2D eigenvalue weighted by molar-refractivity contribution is 5.91. The molecule has 1 fully saturated rings. The van der Waals surface area contributed by atoms with Gasteiger partial charge in [-0.25, -0.2) is 4.39 Å². The van der Waals surface area contributed by atoms with Crippen LogP contribution in [0.4, 0.5) is 10.1 Å². The molecule has 0 N–H and O–H groups in total. The SMILES string of the molecule is Cc1cc(C)n(Cc2ccc(C(=O)N3CCN(c4ccccc4F)CC3)o2)n1. The zero-order chi connectivity index (χ0) is 19.7. The van der Waals surface area contributed by atoms with Gasteiger partial charge in [0.2, 0.25) is 0 Å². The molecule has 1 amide bonds. The molecule has 0 atom stereocenters. The fourth-order valence-electron chi connectivity index (χ4n) is 3.57. The lowest BCUT2D eigenvalue weighted by Crippen LogP contribution is -2.49. The summed E-state index contributed by atoms with van der Waals surface area (Å²) in [5, 5.41) is 4.42. The largest absolute Gasteiger partial charge is 0.454 e. The number of rotatable bonds is 4. The molecule has 146 valence electrons. The number of benzene rings is 1. The van der Waals surface area contributed by atoms with Crippen LogP contribution in [-0.4, -0.2) is 46.8 Å². The zero-order valence-electron chi connectivity index (χ0n) is 16.1. The van der Waals surface area contributed by atoms with Crippen LogP contribution in [0.25, 0.3) is 0 Å². The summed E-state index contributed by atoms with van der Waals surface area (Å²) in [5.74, 6) is 0.658. The minimum Gasteiger partial charge on any atom is -0.454 e. The summed E-state index contributed by atoms with van der Waals surface area (Å²) in [6.07, 6.45) is 0. The van der Waals surface area contributed by atoms with E-state index in [1.807, 2.05) is 41.6 Å². The van der Waals surface area contributed by atoms with Gasteiger partial charge in [-0.3, -0.25) is 9.48 Å². The molecular weight excluding hydrogens is 359 g/mol. The van der Waals surface area contributed by atoms with E-state index in [4.69, 9.17) is 4.42 Å². The monoisotopic (exact) mass is 382 g/mol. The molecule has 1 aliphatic heterocycles. The van der Waals surface area contributed by atoms with Crippen molar-refractivity contribution >= 4 is 11.6 Å². The van der Waals surface area contributed by atoms with Crippen LogP contribution in [0.2, 0.25) is 0 Å². The van der Waals surface area contributed by atoms with Crippen molar-refractivity contribution in [1.82, 2.24) is 14.7 Å². The van der Waals surface area contributed by atoms with Gasteiger partial charge in [-0.2, -0.15) is 5.10 Å². The second kappa shape index (κ2) is 7.50. The number of hydrogen-bond donors (Lipinski definition) is 0. The first-order chi connectivity index (χ1) is 13.5. The fraction of sp³-hybridized carbons (Fsp3) is 0.333. The summed E-state index contributed by atoms with van der Waals surface area (Å²) in [6, 6.07) is 12.3. The quantitative estimate of drug-likeness (QED) is 0.695. The first-order valence-corrected chi connectivity index (χ1v) is 9.40. The lowest BCUT2D eigenvalue weighted by atomic mass is 10.2. The molecule has 2 aromatic heterocycles. The third-order valence-corrected chi connectivity index (χ3v) is 5.04. The topological polar surface area (TPSA) is 54.5 Å². The molecule has 0 radical (unpaired) electrons.